The SMILES string of the molecule is CN=C(NCc1ccc(-n2ccnc2)c(F)c1)N(C)CCOc1ccccc1.I. The minimum Gasteiger partial charge on any atom is -0.492 e. The second-order valence-corrected chi connectivity index (χ2v) is 6.24. The van der Waals surface area contributed by atoms with Gasteiger partial charge in [0.2, 0.25) is 0 Å². The second-order valence-electron chi connectivity index (χ2n) is 6.24. The molecule has 0 saturated carbocycles. The predicted octanol–water partition coefficient (Wildman–Crippen LogP) is 3.72. The van der Waals surface area contributed by atoms with Gasteiger partial charge in [0.1, 0.15) is 18.2 Å². The molecule has 154 valence electrons. The van der Waals surface area contributed by atoms with Crippen molar-refractivity contribution in [3.8, 4) is 11.4 Å². The van der Waals surface area contributed by atoms with Gasteiger partial charge in [-0.1, -0.05) is 24.3 Å². The fourth-order valence-electron chi connectivity index (χ4n) is 2.76. The first-order valence-corrected chi connectivity index (χ1v) is 9.04. The zero-order chi connectivity index (χ0) is 19.8. The topological polar surface area (TPSA) is 54.7 Å². The Morgan fingerprint density at radius 1 is 1.24 bits per heavy atom. The van der Waals surface area contributed by atoms with Gasteiger partial charge in [0.25, 0.3) is 0 Å². The van der Waals surface area contributed by atoms with Gasteiger partial charge < -0.3 is 19.5 Å². The number of aromatic nitrogens is 2. The minimum absolute atomic E-state index is 0. The molecule has 0 aliphatic rings. The van der Waals surface area contributed by atoms with E-state index in [-0.39, 0.29) is 29.8 Å². The number of hydrogen-bond acceptors (Lipinski definition) is 3. The summed E-state index contributed by atoms with van der Waals surface area (Å²) in [6.45, 7) is 1.68. The molecule has 1 N–H and O–H groups in total. The van der Waals surface area contributed by atoms with Crippen LogP contribution in [-0.2, 0) is 6.54 Å². The Hall–Kier alpha value is -2.62. The summed E-state index contributed by atoms with van der Waals surface area (Å²) in [5, 5.41) is 3.25. The van der Waals surface area contributed by atoms with Crippen molar-refractivity contribution in [3.05, 3.63) is 78.6 Å². The summed E-state index contributed by atoms with van der Waals surface area (Å²) in [5.41, 5.74) is 1.30. The van der Waals surface area contributed by atoms with Crippen molar-refractivity contribution in [1.82, 2.24) is 19.8 Å². The van der Waals surface area contributed by atoms with E-state index in [9.17, 15) is 4.39 Å². The lowest BCUT2D eigenvalue weighted by Crippen LogP contribution is -2.40. The van der Waals surface area contributed by atoms with Gasteiger partial charge in [-0.25, -0.2) is 9.37 Å². The molecule has 0 radical (unpaired) electrons. The second kappa shape index (κ2) is 11.4. The Bertz CT molecular complexity index is 903. The third-order valence-electron chi connectivity index (χ3n) is 4.26. The van der Waals surface area contributed by atoms with Crippen LogP contribution >= 0.6 is 24.0 Å². The fraction of sp³-hybridized carbons (Fsp3) is 0.238. The van der Waals surface area contributed by atoms with E-state index < -0.39 is 0 Å². The smallest absolute Gasteiger partial charge is 0.193 e. The maximum Gasteiger partial charge on any atom is 0.193 e. The summed E-state index contributed by atoms with van der Waals surface area (Å²) in [4.78, 5) is 10.2. The van der Waals surface area contributed by atoms with Crippen molar-refractivity contribution in [2.75, 3.05) is 27.2 Å². The molecule has 6 nitrogen and oxygen atoms in total. The van der Waals surface area contributed by atoms with Gasteiger partial charge in [0, 0.05) is 33.0 Å². The highest BCUT2D eigenvalue weighted by molar-refractivity contribution is 14.0. The maximum atomic E-state index is 14.4. The molecule has 0 aliphatic carbocycles. The van der Waals surface area contributed by atoms with E-state index in [1.165, 1.54) is 6.07 Å². The number of nitrogens with one attached hydrogen (secondary N) is 1. The molecule has 3 aromatic rings. The number of para-hydroxylation sites is 1. The van der Waals surface area contributed by atoms with Crippen LogP contribution < -0.4 is 10.1 Å². The summed E-state index contributed by atoms with van der Waals surface area (Å²) in [6.07, 6.45) is 4.91. The monoisotopic (exact) mass is 509 g/mol. The molecular formula is C21H25FIN5O. The lowest BCUT2D eigenvalue weighted by atomic mass is 10.2. The first kappa shape index (κ1) is 22.7. The molecule has 0 spiro atoms. The Kier molecular flexibility index (Phi) is 8.91. The van der Waals surface area contributed by atoms with E-state index >= 15 is 0 Å². The molecule has 0 fully saturated rings. The van der Waals surface area contributed by atoms with Gasteiger partial charge in [-0.15, -0.1) is 24.0 Å². The van der Waals surface area contributed by atoms with Crippen molar-refractivity contribution in [2.45, 2.75) is 6.54 Å². The molecule has 3 rings (SSSR count). The van der Waals surface area contributed by atoms with E-state index in [1.807, 2.05) is 48.3 Å². The molecule has 0 atom stereocenters. The third kappa shape index (κ3) is 6.45. The average molecular weight is 509 g/mol. The van der Waals surface area contributed by atoms with Crippen LogP contribution in [0.2, 0.25) is 0 Å². The van der Waals surface area contributed by atoms with Crippen molar-refractivity contribution in [1.29, 1.82) is 0 Å². The van der Waals surface area contributed by atoms with Crippen molar-refractivity contribution in [3.63, 3.8) is 0 Å². The Labute approximate surface area is 187 Å². The lowest BCUT2D eigenvalue weighted by molar-refractivity contribution is 0.281. The summed E-state index contributed by atoms with van der Waals surface area (Å²) in [5.74, 6) is 1.26. The van der Waals surface area contributed by atoms with Gasteiger partial charge in [-0.3, -0.25) is 4.99 Å². The number of likely N-dealkylation sites (N-methyl/N-ethyl adjacent to an activating group) is 1. The molecule has 29 heavy (non-hydrogen) atoms. The van der Waals surface area contributed by atoms with E-state index in [2.05, 4.69) is 15.3 Å². The number of nitrogens with zero attached hydrogens (tertiary/aromatic N) is 4. The Balaban J connectivity index is 0.00000300. The average Bonchev–Trinajstić information content (AvgIpc) is 3.24. The molecule has 0 unspecified atom stereocenters. The number of halogens is 2. The van der Waals surface area contributed by atoms with Crippen LogP contribution in [0.3, 0.4) is 0 Å². The number of aliphatic imine (C=N–C) groups is 1. The number of imidazole rings is 1. The normalized spacial score (nSPS) is 10.9. The largest absolute Gasteiger partial charge is 0.492 e. The lowest BCUT2D eigenvalue weighted by Gasteiger charge is -2.22. The van der Waals surface area contributed by atoms with Gasteiger partial charge in [0.05, 0.1) is 18.6 Å². The zero-order valence-corrected chi connectivity index (χ0v) is 18.8. The van der Waals surface area contributed by atoms with E-state index in [0.29, 0.717) is 25.4 Å². The first-order chi connectivity index (χ1) is 13.7. The molecule has 8 heteroatoms. The molecule has 0 bridgehead atoms. The highest BCUT2D eigenvalue weighted by Gasteiger charge is 2.08. The number of benzene rings is 2. The van der Waals surface area contributed by atoms with Gasteiger partial charge >= 0.3 is 0 Å². The van der Waals surface area contributed by atoms with E-state index in [0.717, 1.165) is 17.3 Å². The zero-order valence-electron chi connectivity index (χ0n) is 16.5. The first-order valence-electron chi connectivity index (χ1n) is 9.04. The van der Waals surface area contributed by atoms with Crippen LogP contribution in [0.1, 0.15) is 5.56 Å². The fourth-order valence-corrected chi connectivity index (χ4v) is 2.76. The van der Waals surface area contributed by atoms with E-state index in [4.69, 9.17) is 4.74 Å². The van der Waals surface area contributed by atoms with Crippen LogP contribution in [-0.4, -0.2) is 47.7 Å². The number of hydrogen-bond donors (Lipinski definition) is 1. The van der Waals surface area contributed by atoms with Crippen LogP contribution in [0.4, 0.5) is 4.39 Å². The minimum atomic E-state index is -0.295. The van der Waals surface area contributed by atoms with Crippen molar-refractivity contribution in [2.24, 2.45) is 4.99 Å². The van der Waals surface area contributed by atoms with Gasteiger partial charge in [-0.2, -0.15) is 0 Å². The predicted molar refractivity (Wildman–Crippen MR) is 124 cm³/mol. The van der Waals surface area contributed by atoms with Gasteiger partial charge in [0.15, 0.2) is 5.96 Å². The molecular weight excluding hydrogens is 484 g/mol. The summed E-state index contributed by atoms with van der Waals surface area (Å²) < 4.78 is 21.7. The van der Waals surface area contributed by atoms with Gasteiger partial charge in [-0.05, 0) is 29.8 Å². The number of rotatable bonds is 7. The molecule has 0 amide bonds. The van der Waals surface area contributed by atoms with Crippen LogP contribution in [0.15, 0.2) is 72.2 Å². The molecule has 1 aromatic heterocycles. The maximum absolute atomic E-state index is 14.4. The molecule has 1 heterocycles. The quantitative estimate of drug-likeness (QED) is 0.300. The third-order valence-corrected chi connectivity index (χ3v) is 4.26. The van der Waals surface area contributed by atoms with E-state index in [1.54, 1.807) is 36.4 Å². The van der Waals surface area contributed by atoms with Crippen molar-refractivity contribution >= 4 is 29.9 Å². The Morgan fingerprint density at radius 3 is 2.69 bits per heavy atom. The van der Waals surface area contributed by atoms with Crippen LogP contribution in [0.25, 0.3) is 5.69 Å². The summed E-state index contributed by atoms with van der Waals surface area (Å²) in [6, 6.07) is 14.8. The van der Waals surface area contributed by atoms with Crippen molar-refractivity contribution < 1.29 is 9.13 Å². The number of guanidine groups is 1. The van der Waals surface area contributed by atoms with Crippen LogP contribution in [0, 0.1) is 5.82 Å². The number of ether oxygens (including phenoxy) is 1. The molecule has 0 saturated heterocycles. The summed E-state index contributed by atoms with van der Waals surface area (Å²) in [7, 11) is 3.66. The molecule has 2 aromatic carbocycles. The standard InChI is InChI=1S/C21H24FN5O.HI/c1-23-21(26(2)12-13-28-18-6-4-3-5-7-18)25-15-17-8-9-20(19(22)14-17)27-11-10-24-16-27;/h3-11,14,16H,12-13,15H2,1-2H3,(H,23,25);1H. The highest BCUT2D eigenvalue weighted by Crippen LogP contribution is 2.15. The highest BCUT2D eigenvalue weighted by atomic mass is 127. The Morgan fingerprint density at radius 2 is 2.03 bits per heavy atom. The van der Waals surface area contributed by atoms with Crippen LogP contribution in [0.5, 0.6) is 5.75 Å². The molecule has 0 aliphatic heterocycles. The summed E-state index contributed by atoms with van der Waals surface area (Å²) >= 11 is 0.